The van der Waals surface area contributed by atoms with Gasteiger partial charge in [0.15, 0.2) is 16.3 Å². The summed E-state index contributed by atoms with van der Waals surface area (Å²) in [6.45, 7) is 1.78. The van der Waals surface area contributed by atoms with Crippen LogP contribution in [0.3, 0.4) is 0 Å². The Morgan fingerprint density at radius 1 is 1.33 bits per heavy atom. The van der Waals surface area contributed by atoms with Crippen LogP contribution in [0, 0.1) is 18.3 Å². The highest BCUT2D eigenvalue weighted by atomic mass is 32.1. The first-order valence-corrected chi connectivity index (χ1v) is 7.73. The van der Waals surface area contributed by atoms with Gasteiger partial charge < -0.3 is 4.98 Å². The molecular weight excluding hydrogens is 326 g/mol. The van der Waals surface area contributed by atoms with Crippen molar-refractivity contribution in [3.05, 3.63) is 52.1 Å². The maximum absolute atomic E-state index is 12.3. The van der Waals surface area contributed by atoms with Crippen molar-refractivity contribution in [3.63, 3.8) is 0 Å². The molecule has 4 aromatic rings. The molecule has 4 rings (SSSR count). The molecule has 3 aromatic heterocycles. The zero-order valence-electron chi connectivity index (χ0n) is 12.4. The minimum Gasteiger partial charge on any atom is -0.304 e. The highest BCUT2D eigenvalue weighted by Gasteiger charge is 2.14. The standard InChI is InChI=1S/C15H9N7OS/c1-8-12(19-20-15-9(6-16)7-17-24-15)13-18-14(23)10-4-2-3-5-11(10)22(13)21-8/h2-5,7H,1H3,(H,18,23)/b20-19+. The first-order valence-electron chi connectivity index (χ1n) is 6.96. The summed E-state index contributed by atoms with van der Waals surface area (Å²) >= 11 is 1.08. The van der Waals surface area contributed by atoms with Crippen molar-refractivity contribution in [2.45, 2.75) is 6.92 Å². The number of fused-ring (bicyclic) bond motifs is 3. The first kappa shape index (κ1) is 14.2. The molecule has 0 aliphatic carbocycles. The summed E-state index contributed by atoms with van der Waals surface area (Å²) in [6.07, 6.45) is 1.44. The Hall–Kier alpha value is -3.38. The fourth-order valence-corrected chi connectivity index (χ4v) is 2.96. The third-order valence-corrected chi connectivity index (χ3v) is 4.24. The monoisotopic (exact) mass is 335 g/mol. The predicted octanol–water partition coefficient (Wildman–Crippen LogP) is 3.23. The van der Waals surface area contributed by atoms with Crippen molar-refractivity contribution in [1.29, 1.82) is 5.26 Å². The van der Waals surface area contributed by atoms with Crippen LogP contribution < -0.4 is 5.56 Å². The van der Waals surface area contributed by atoms with Crippen LogP contribution in [0.4, 0.5) is 10.7 Å². The van der Waals surface area contributed by atoms with E-state index in [1.165, 1.54) is 6.20 Å². The zero-order chi connectivity index (χ0) is 16.7. The van der Waals surface area contributed by atoms with Crippen molar-refractivity contribution >= 4 is 38.8 Å². The summed E-state index contributed by atoms with van der Waals surface area (Å²) in [5.41, 5.74) is 2.37. The van der Waals surface area contributed by atoms with Crippen LogP contribution in [0.25, 0.3) is 16.6 Å². The number of aromatic nitrogens is 4. The van der Waals surface area contributed by atoms with Gasteiger partial charge in [-0.15, -0.1) is 10.2 Å². The number of hydrogen-bond donors (Lipinski definition) is 1. The molecule has 0 bridgehead atoms. The number of rotatable bonds is 2. The maximum atomic E-state index is 12.3. The number of azo groups is 1. The van der Waals surface area contributed by atoms with Gasteiger partial charge in [-0.3, -0.25) is 4.79 Å². The molecule has 0 radical (unpaired) electrons. The second-order valence-corrected chi connectivity index (χ2v) is 5.80. The van der Waals surface area contributed by atoms with Gasteiger partial charge in [-0.05, 0) is 30.6 Å². The van der Waals surface area contributed by atoms with E-state index in [1.807, 2.05) is 18.2 Å². The van der Waals surface area contributed by atoms with E-state index in [2.05, 4.69) is 24.7 Å². The molecule has 24 heavy (non-hydrogen) atoms. The van der Waals surface area contributed by atoms with E-state index in [9.17, 15) is 4.79 Å². The quantitative estimate of drug-likeness (QED) is 0.567. The average Bonchev–Trinajstić information content (AvgIpc) is 3.17. The molecule has 8 nitrogen and oxygen atoms in total. The molecule has 116 valence electrons. The zero-order valence-corrected chi connectivity index (χ0v) is 13.2. The Kier molecular flexibility index (Phi) is 3.18. The Morgan fingerprint density at radius 3 is 3.00 bits per heavy atom. The van der Waals surface area contributed by atoms with Crippen molar-refractivity contribution in [2.24, 2.45) is 10.2 Å². The number of nitriles is 1. The molecule has 9 heteroatoms. The van der Waals surface area contributed by atoms with Crippen LogP contribution >= 0.6 is 11.5 Å². The molecule has 0 aliphatic rings. The summed E-state index contributed by atoms with van der Waals surface area (Å²) < 4.78 is 5.56. The second kappa shape index (κ2) is 5.36. The third kappa shape index (κ3) is 2.09. The third-order valence-electron chi connectivity index (χ3n) is 3.55. The first-order chi connectivity index (χ1) is 11.7. The number of para-hydroxylation sites is 1. The summed E-state index contributed by atoms with van der Waals surface area (Å²) in [5.74, 6) is 0. The van der Waals surface area contributed by atoms with E-state index in [1.54, 1.807) is 23.6 Å². The lowest BCUT2D eigenvalue weighted by Gasteiger charge is -2.00. The van der Waals surface area contributed by atoms with Crippen molar-refractivity contribution in [2.75, 3.05) is 0 Å². The highest BCUT2D eigenvalue weighted by Crippen LogP contribution is 2.29. The van der Waals surface area contributed by atoms with Gasteiger partial charge in [0.05, 0.1) is 22.8 Å². The van der Waals surface area contributed by atoms with Crippen molar-refractivity contribution in [3.8, 4) is 6.07 Å². The van der Waals surface area contributed by atoms with Crippen LogP contribution in [0.15, 0.2) is 45.5 Å². The number of aryl methyl sites for hydroxylation is 1. The average molecular weight is 335 g/mol. The molecule has 0 aliphatic heterocycles. The van der Waals surface area contributed by atoms with Gasteiger partial charge in [0.25, 0.3) is 5.56 Å². The maximum Gasteiger partial charge on any atom is 0.259 e. The number of nitrogens with zero attached hydrogens (tertiary/aromatic N) is 6. The number of nitrogens with one attached hydrogen (secondary N) is 1. The lowest BCUT2D eigenvalue weighted by atomic mass is 10.2. The molecule has 0 spiro atoms. The molecule has 0 atom stereocenters. The number of hydrogen-bond acceptors (Lipinski definition) is 7. The van der Waals surface area contributed by atoms with Crippen molar-refractivity contribution < 1.29 is 0 Å². The van der Waals surface area contributed by atoms with Crippen LogP contribution in [-0.4, -0.2) is 19.0 Å². The topological polar surface area (TPSA) is 112 Å². The number of benzene rings is 1. The van der Waals surface area contributed by atoms with Crippen LogP contribution in [0.1, 0.15) is 11.3 Å². The molecule has 0 amide bonds. The van der Waals surface area contributed by atoms with Gasteiger partial charge in [0.1, 0.15) is 11.6 Å². The van der Waals surface area contributed by atoms with E-state index in [0.29, 0.717) is 38.5 Å². The van der Waals surface area contributed by atoms with Gasteiger partial charge in [-0.2, -0.15) is 14.7 Å². The van der Waals surface area contributed by atoms with E-state index >= 15 is 0 Å². The van der Waals surface area contributed by atoms with Crippen molar-refractivity contribution in [1.82, 2.24) is 19.0 Å². The predicted molar refractivity (Wildman–Crippen MR) is 89.1 cm³/mol. The van der Waals surface area contributed by atoms with E-state index in [-0.39, 0.29) is 5.56 Å². The Morgan fingerprint density at radius 2 is 2.17 bits per heavy atom. The molecule has 0 unspecified atom stereocenters. The van der Waals surface area contributed by atoms with E-state index in [0.717, 1.165) is 11.5 Å². The Labute approximate surface area is 138 Å². The summed E-state index contributed by atoms with van der Waals surface area (Å²) in [7, 11) is 0. The minimum absolute atomic E-state index is 0.218. The van der Waals surface area contributed by atoms with Crippen LogP contribution in [0.5, 0.6) is 0 Å². The molecule has 0 saturated heterocycles. The second-order valence-electron chi connectivity index (χ2n) is 5.02. The Bertz CT molecular complexity index is 1210. The number of H-pyrrole nitrogens is 1. The molecule has 0 saturated carbocycles. The minimum atomic E-state index is -0.218. The van der Waals surface area contributed by atoms with Gasteiger partial charge >= 0.3 is 0 Å². The highest BCUT2D eigenvalue weighted by molar-refractivity contribution is 7.10. The number of aromatic amines is 1. The smallest absolute Gasteiger partial charge is 0.259 e. The van der Waals surface area contributed by atoms with Crippen LogP contribution in [0.2, 0.25) is 0 Å². The molecule has 1 aromatic carbocycles. The summed E-state index contributed by atoms with van der Waals surface area (Å²) in [6, 6.07) is 9.21. The molecule has 0 fully saturated rings. The Balaban J connectivity index is 1.95. The largest absolute Gasteiger partial charge is 0.304 e. The van der Waals surface area contributed by atoms with E-state index < -0.39 is 0 Å². The van der Waals surface area contributed by atoms with Gasteiger partial charge in [0.2, 0.25) is 0 Å². The van der Waals surface area contributed by atoms with Gasteiger partial charge in [-0.1, -0.05) is 12.1 Å². The fourth-order valence-electron chi connectivity index (χ4n) is 2.43. The van der Waals surface area contributed by atoms with Gasteiger partial charge in [0, 0.05) is 0 Å². The molecule has 1 N–H and O–H groups in total. The van der Waals surface area contributed by atoms with Crippen LogP contribution in [-0.2, 0) is 0 Å². The van der Waals surface area contributed by atoms with E-state index in [4.69, 9.17) is 5.26 Å². The summed E-state index contributed by atoms with van der Waals surface area (Å²) in [4.78, 5) is 15.1. The molecular formula is C15H9N7OS. The molecule has 3 heterocycles. The normalized spacial score (nSPS) is 11.5. The fraction of sp³-hybridized carbons (Fsp3) is 0.0667. The lowest BCUT2D eigenvalue weighted by molar-refractivity contribution is 0.951. The summed E-state index contributed by atoms with van der Waals surface area (Å²) in [5, 5.41) is 22.7. The SMILES string of the molecule is Cc1nn2c([nH]c(=O)c3ccccc32)c1/N=N/c1sncc1C#N. The van der Waals surface area contributed by atoms with Gasteiger partial charge in [-0.25, -0.2) is 4.52 Å². The lowest BCUT2D eigenvalue weighted by Crippen LogP contribution is -2.09.